The summed E-state index contributed by atoms with van der Waals surface area (Å²) in [7, 11) is 0. The number of ketones is 1. The predicted molar refractivity (Wildman–Crippen MR) is 104 cm³/mol. The Morgan fingerprint density at radius 3 is 2.54 bits per heavy atom. The first-order valence-electron chi connectivity index (χ1n) is 8.13. The lowest BCUT2D eigenvalue weighted by Crippen LogP contribution is -2.16. The van der Waals surface area contributed by atoms with Crippen LogP contribution in [0.25, 0.3) is 0 Å². The molecule has 0 aliphatic carbocycles. The summed E-state index contributed by atoms with van der Waals surface area (Å²) in [5, 5.41) is 0.668. The second-order valence-corrected chi connectivity index (χ2v) is 6.50. The largest absolute Gasteiger partial charge is 0.465 e. The van der Waals surface area contributed by atoms with Crippen molar-refractivity contribution in [2.75, 3.05) is 6.61 Å². The van der Waals surface area contributed by atoms with E-state index in [9.17, 15) is 9.59 Å². The van der Waals surface area contributed by atoms with E-state index in [0.29, 0.717) is 15.6 Å². The number of halogens is 2. The molecular weight excluding hydrogens is 371 g/mol. The van der Waals surface area contributed by atoms with Gasteiger partial charge in [-0.2, -0.15) is 0 Å². The van der Waals surface area contributed by atoms with E-state index in [1.54, 1.807) is 19.1 Å². The second kappa shape index (κ2) is 9.43. The van der Waals surface area contributed by atoms with Crippen molar-refractivity contribution in [1.82, 2.24) is 0 Å². The average Bonchev–Trinajstić information content (AvgIpc) is 2.61. The van der Waals surface area contributed by atoms with Gasteiger partial charge < -0.3 is 4.74 Å². The Hall–Kier alpha value is -2.28. The van der Waals surface area contributed by atoms with Crippen molar-refractivity contribution in [3.05, 3.63) is 69.2 Å². The highest BCUT2D eigenvalue weighted by Crippen LogP contribution is 2.23. The molecule has 0 saturated heterocycles. The summed E-state index contributed by atoms with van der Waals surface area (Å²) in [5.74, 6) is 4.09. The van der Waals surface area contributed by atoms with Crippen LogP contribution in [0, 0.1) is 18.8 Å². The van der Waals surface area contributed by atoms with Gasteiger partial charge in [-0.25, -0.2) is 0 Å². The standard InChI is InChI=1S/C21H18Cl2O3/c1-3-26-21(25)17(15-7-4-6-14(2)12-15)8-5-9-20(24)16-10-11-18(22)19(23)13-16/h4,6-7,10-13,17H,3,8H2,1-2H3. The Morgan fingerprint density at radius 1 is 1.12 bits per heavy atom. The number of hydrogen-bond acceptors (Lipinski definition) is 3. The SMILES string of the molecule is CCOC(=O)C(CC#CC(=O)c1ccc(Cl)c(Cl)c1)c1cccc(C)c1. The summed E-state index contributed by atoms with van der Waals surface area (Å²) in [6.45, 7) is 3.99. The molecule has 0 N–H and O–H groups in total. The maximum absolute atomic E-state index is 12.3. The van der Waals surface area contributed by atoms with Crippen LogP contribution in [-0.2, 0) is 9.53 Å². The molecule has 2 aromatic rings. The summed E-state index contributed by atoms with van der Waals surface area (Å²) in [5.41, 5.74) is 2.21. The number of carbonyl (C=O) groups excluding carboxylic acids is 2. The van der Waals surface area contributed by atoms with Gasteiger partial charge in [0.1, 0.15) is 0 Å². The third kappa shape index (κ3) is 5.36. The van der Waals surface area contributed by atoms with Crippen LogP contribution in [0.3, 0.4) is 0 Å². The Balaban J connectivity index is 2.19. The van der Waals surface area contributed by atoms with Crippen molar-refractivity contribution >= 4 is 35.0 Å². The molecule has 0 saturated carbocycles. The smallest absolute Gasteiger partial charge is 0.314 e. The van der Waals surface area contributed by atoms with E-state index in [-0.39, 0.29) is 24.8 Å². The highest BCUT2D eigenvalue weighted by Gasteiger charge is 2.21. The molecule has 1 atom stereocenters. The van der Waals surface area contributed by atoms with Gasteiger partial charge in [0.25, 0.3) is 0 Å². The maximum atomic E-state index is 12.3. The van der Waals surface area contributed by atoms with Gasteiger partial charge in [-0.3, -0.25) is 9.59 Å². The molecule has 0 radical (unpaired) electrons. The first-order valence-corrected chi connectivity index (χ1v) is 8.89. The Kier molecular flexibility index (Phi) is 7.26. The first-order chi connectivity index (χ1) is 12.4. The van der Waals surface area contributed by atoms with Crippen LogP contribution in [0.2, 0.25) is 10.0 Å². The number of benzene rings is 2. The fraction of sp³-hybridized carbons (Fsp3) is 0.238. The minimum Gasteiger partial charge on any atom is -0.465 e. The van der Waals surface area contributed by atoms with Crippen LogP contribution >= 0.6 is 23.2 Å². The zero-order valence-corrected chi connectivity index (χ0v) is 16.0. The fourth-order valence-electron chi connectivity index (χ4n) is 2.41. The number of Topliss-reactive ketones (excluding diaryl/α,β-unsaturated/α-hetero) is 1. The maximum Gasteiger partial charge on any atom is 0.314 e. The lowest BCUT2D eigenvalue weighted by molar-refractivity contribution is -0.144. The summed E-state index contributed by atoms with van der Waals surface area (Å²) < 4.78 is 5.15. The summed E-state index contributed by atoms with van der Waals surface area (Å²) in [4.78, 5) is 24.5. The number of carbonyl (C=O) groups is 2. The van der Waals surface area contributed by atoms with Crippen molar-refractivity contribution in [1.29, 1.82) is 0 Å². The van der Waals surface area contributed by atoms with Crippen LogP contribution in [-0.4, -0.2) is 18.4 Å². The molecule has 0 aliphatic rings. The molecule has 1 unspecified atom stereocenters. The average molecular weight is 389 g/mol. The molecular formula is C21H18Cl2O3. The zero-order valence-electron chi connectivity index (χ0n) is 14.5. The Bertz CT molecular complexity index is 878. The van der Waals surface area contributed by atoms with Crippen molar-refractivity contribution < 1.29 is 14.3 Å². The molecule has 2 aromatic carbocycles. The quantitative estimate of drug-likeness (QED) is 0.305. The van der Waals surface area contributed by atoms with Gasteiger partial charge in [0.15, 0.2) is 0 Å². The van der Waals surface area contributed by atoms with Crippen LogP contribution < -0.4 is 0 Å². The number of esters is 1. The van der Waals surface area contributed by atoms with Gasteiger partial charge in [0, 0.05) is 12.0 Å². The molecule has 0 spiro atoms. The van der Waals surface area contributed by atoms with E-state index < -0.39 is 5.92 Å². The minimum absolute atomic E-state index is 0.190. The first kappa shape index (κ1) is 20.0. The van der Waals surface area contributed by atoms with Crippen molar-refractivity contribution in [2.45, 2.75) is 26.2 Å². The van der Waals surface area contributed by atoms with Crippen LogP contribution in [0.15, 0.2) is 42.5 Å². The zero-order chi connectivity index (χ0) is 19.1. The van der Waals surface area contributed by atoms with Crippen LogP contribution in [0.5, 0.6) is 0 Å². The topological polar surface area (TPSA) is 43.4 Å². The van der Waals surface area contributed by atoms with Gasteiger partial charge in [-0.15, -0.1) is 0 Å². The summed E-state index contributed by atoms with van der Waals surface area (Å²) in [6, 6.07) is 12.2. The van der Waals surface area contributed by atoms with E-state index in [1.165, 1.54) is 6.07 Å². The Labute approximate surface area is 163 Å². The van der Waals surface area contributed by atoms with E-state index in [2.05, 4.69) is 11.8 Å². The number of aryl methyl sites for hydroxylation is 1. The molecule has 26 heavy (non-hydrogen) atoms. The molecule has 0 heterocycles. The molecule has 0 aliphatic heterocycles. The second-order valence-electron chi connectivity index (χ2n) is 5.68. The third-order valence-electron chi connectivity index (χ3n) is 3.71. The molecule has 0 amide bonds. The van der Waals surface area contributed by atoms with Gasteiger partial charge in [0.05, 0.1) is 22.6 Å². The molecule has 0 aromatic heterocycles. The van der Waals surface area contributed by atoms with Crippen LogP contribution in [0.1, 0.15) is 40.7 Å². The minimum atomic E-state index is -0.538. The molecule has 134 valence electrons. The van der Waals surface area contributed by atoms with E-state index >= 15 is 0 Å². The highest BCUT2D eigenvalue weighted by molar-refractivity contribution is 6.42. The van der Waals surface area contributed by atoms with E-state index in [1.807, 2.05) is 31.2 Å². The summed E-state index contributed by atoms with van der Waals surface area (Å²) >= 11 is 11.8. The molecule has 0 bridgehead atoms. The van der Waals surface area contributed by atoms with Crippen molar-refractivity contribution in [2.24, 2.45) is 0 Å². The lowest BCUT2D eigenvalue weighted by Gasteiger charge is -2.13. The molecule has 0 fully saturated rings. The molecule has 3 nitrogen and oxygen atoms in total. The Morgan fingerprint density at radius 2 is 1.88 bits per heavy atom. The fourth-order valence-corrected chi connectivity index (χ4v) is 2.71. The normalized spacial score (nSPS) is 11.2. The monoisotopic (exact) mass is 388 g/mol. The molecule has 5 heteroatoms. The van der Waals surface area contributed by atoms with Gasteiger partial charge >= 0.3 is 5.97 Å². The molecule has 2 rings (SSSR count). The lowest BCUT2D eigenvalue weighted by atomic mass is 9.94. The van der Waals surface area contributed by atoms with Gasteiger partial charge in [0.2, 0.25) is 5.78 Å². The third-order valence-corrected chi connectivity index (χ3v) is 4.44. The highest BCUT2D eigenvalue weighted by atomic mass is 35.5. The van der Waals surface area contributed by atoms with Crippen LogP contribution in [0.4, 0.5) is 0 Å². The van der Waals surface area contributed by atoms with Crippen molar-refractivity contribution in [3.8, 4) is 11.8 Å². The number of rotatable bonds is 5. The number of hydrogen-bond donors (Lipinski definition) is 0. The van der Waals surface area contributed by atoms with Gasteiger partial charge in [-0.1, -0.05) is 59.0 Å². The van der Waals surface area contributed by atoms with Crippen molar-refractivity contribution in [3.63, 3.8) is 0 Å². The number of ether oxygens (including phenoxy) is 1. The predicted octanol–water partition coefficient (Wildman–Crippen LogP) is 5.22. The van der Waals surface area contributed by atoms with E-state index in [0.717, 1.165) is 11.1 Å². The summed E-state index contributed by atoms with van der Waals surface area (Å²) in [6.07, 6.45) is 0.190. The van der Waals surface area contributed by atoms with Gasteiger partial charge in [-0.05, 0) is 43.5 Å². The van der Waals surface area contributed by atoms with E-state index in [4.69, 9.17) is 27.9 Å².